The van der Waals surface area contributed by atoms with E-state index in [9.17, 15) is 14.3 Å². The summed E-state index contributed by atoms with van der Waals surface area (Å²) in [5.74, 6) is -1.31. The Labute approximate surface area is 98.5 Å². The van der Waals surface area contributed by atoms with Gasteiger partial charge in [-0.3, -0.25) is 0 Å². The van der Waals surface area contributed by atoms with Crippen molar-refractivity contribution in [3.05, 3.63) is 35.3 Å². The molecule has 0 fully saturated rings. The third-order valence-electron chi connectivity index (χ3n) is 2.93. The number of aryl methyl sites for hydroxylation is 2. The molecule has 1 aromatic carbocycles. The van der Waals surface area contributed by atoms with Gasteiger partial charge in [0.25, 0.3) is 0 Å². The number of carboxylic acid groups (broad SMARTS) is 1. The largest absolute Gasteiger partial charge is 0.477 e. The number of rotatable bonds is 3. The van der Waals surface area contributed by atoms with E-state index in [0.29, 0.717) is 17.5 Å². The Bertz CT molecular complexity index is 587. The van der Waals surface area contributed by atoms with Crippen LogP contribution in [0.25, 0.3) is 10.9 Å². The SMILES string of the molecule is CCCn1c(C(=O)O)c(C)c2cc(F)ccc21. The van der Waals surface area contributed by atoms with E-state index in [1.54, 1.807) is 17.6 Å². The Hall–Kier alpha value is -1.84. The van der Waals surface area contributed by atoms with E-state index in [2.05, 4.69) is 0 Å². The molecule has 3 nitrogen and oxygen atoms in total. The maximum absolute atomic E-state index is 13.2. The fourth-order valence-corrected chi connectivity index (χ4v) is 2.23. The van der Waals surface area contributed by atoms with Gasteiger partial charge < -0.3 is 9.67 Å². The minimum Gasteiger partial charge on any atom is -0.477 e. The van der Waals surface area contributed by atoms with Crippen LogP contribution in [-0.2, 0) is 6.54 Å². The van der Waals surface area contributed by atoms with Crippen LogP contribution in [0.1, 0.15) is 29.4 Å². The second-order valence-electron chi connectivity index (χ2n) is 4.09. The molecule has 0 atom stereocenters. The van der Waals surface area contributed by atoms with E-state index < -0.39 is 5.97 Å². The van der Waals surface area contributed by atoms with Crippen LogP contribution >= 0.6 is 0 Å². The van der Waals surface area contributed by atoms with Gasteiger partial charge in [0, 0.05) is 17.4 Å². The second kappa shape index (κ2) is 4.20. The van der Waals surface area contributed by atoms with Crippen molar-refractivity contribution in [2.45, 2.75) is 26.8 Å². The van der Waals surface area contributed by atoms with E-state index in [0.717, 1.165) is 11.9 Å². The number of halogens is 1. The van der Waals surface area contributed by atoms with Gasteiger partial charge in [-0.2, -0.15) is 0 Å². The van der Waals surface area contributed by atoms with Crippen molar-refractivity contribution >= 4 is 16.9 Å². The summed E-state index contributed by atoms with van der Waals surface area (Å²) in [4.78, 5) is 11.3. The van der Waals surface area contributed by atoms with Crippen LogP contribution in [0.3, 0.4) is 0 Å². The second-order valence-corrected chi connectivity index (χ2v) is 4.09. The average Bonchev–Trinajstić information content (AvgIpc) is 2.53. The number of carbonyl (C=O) groups is 1. The van der Waals surface area contributed by atoms with Crippen molar-refractivity contribution < 1.29 is 14.3 Å². The molecule has 90 valence electrons. The highest BCUT2D eigenvalue weighted by atomic mass is 19.1. The smallest absolute Gasteiger partial charge is 0.352 e. The summed E-state index contributed by atoms with van der Waals surface area (Å²) in [5, 5.41) is 9.91. The molecular formula is C13H14FNO2. The van der Waals surface area contributed by atoms with Crippen molar-refractivity contribution in [2.75, 3.05) is 0 Å². The first kappa shape index (κ1) is 11.6. The molecular weight excluding hydrogens is 221 g/mol. The number of aromatic nitrogens is 1. The zero-order valence-corrected chi connectivity index (χ0v) is 9.83. The van der Waals surface area contributed by atoms with Gasteiger partial charge in [0.1, 0.15) is 11.5 Å². The molecule has 0 spiro atoms. The van der Waals surface area contributed by atoms with E-state index in [1.807, 2.05) is 6.92 Å². The fraction of sp³-hybridized carbons (Fsp3) is 0.308. The van der Waals surface area contributed by atoms with Gasteiger partial charge in [-0.1, -0.05) is 6.92 Å². The first-order valence-corrected chi connectivity index (χ1v) is 5.58. The maximum atomic E-state index is 13.2. The fourth-order valence-electron chi connectivity index (χ4n) is 2.23. The lowest BCUT2D eigenvalue weighted by Gasteiger charge is -2.06. The molecule has 0 aliphatic heterocycles. The molecule has 0 aliphatic carbocycles. The summed E-state index contributed by atoms with van der Waals surface area (Å²) in [7, 11) is 0. The number of aromatic carboxylic acids is 1. The predicted molar refractivity (Wildman–Crippen MR) is 63.9 cm³/mol. The lowest BCUT2D eigenvalue weighted by molar-refractivity contribution is 0.0684. The number of benzene rings is 1. The van der Waals surface area contributed by atoms with Crippen LogP contribution in [0.2, 0.25) is 0 Å². The maximum Gasteiger partial charge on any atom is 0.352 e. The van der Waals surface area contributed by atoms with E-state index in [1.165, 1.54) is 12.1 Å². The standard InChI is InChI=1S/C13H14FNO2/c1-3-6-15-11-5-4-9(14)7-10(11)8(2)12(15)13(16)17/h4-5,7H,3,6H2,1-2H3,(H,16,17). The van der Waals surface area contributed by atoms with Gasteiger partial charge in [-0.25, -0.2) is 9.18 Å². The molecule has 1 heterocycles. The molecule has 17 heavy (non-hydrogen) atoms. The van der Waals surface area contributed by atoms with Crippen molar-refractivity contribution in [3.63, 3.8) is 0 Å². The van der Waals surface area contributed by atoms with Gasteiger partial charge in [0.2, 0.25) is 0 Å². The minimum atomic E-state index is -0.965. The highest BCUT2D eigenvalue weighted by Gasteiger charge is 2.19. The summed E-state index contributed by atoms with van der Waals surface area (Å²) < 4.78 is 14.9. The molecule has 0 bridgehead atoms. The quantitative estimate of drug-likeness (QED) is 0.887. The lowest BCUT2D eigenvalue weighted by atomic mass is 10.1. The summed E-state index contributed by atoms with van der Waals surface area (Å²) in [6, 6.07) is 4.39. The summed E-state index contributed by atoms with van der Waals surface area (Å²) in [5.41, 5.74) is 1.66. The molecule has 1 N–H and O–H groups in total. The van der Waals surface area contributed by atoms with Crippen molar-refractivity contribution in [2.24, 2.45) is 0 Å². The molecule has 4 heteroatoms. The zero-order valence-electron chi connectivity index (χ0n) is 9.83. The Morgan fingerprint density at radius 2 is 2.18 bits per heavy atom. The van der Waals surface area contributed by atoms with Crippen molar-refractivity contribution in [3.8, 4) is 0 Å². The number of hydrogen-bond acceptors (Lipinski definition) is 1. The highest BCUT2D eigenvalue weighted by molar-refractivity contribution is 5.98. The molecule has 0 saturated heterocycles. The summed E-state index contributed by atoms with van der Waals surface area (Å²) in [6.45, 7) is 4.32. The van der Waals surface area contributed by atoms with E-state index in [4.69, 9.17) is 0 Å². The Morgan fingerprint density at radius 3 is 2.76 bits per heavy atom. The number of hydrogen-bond donors (Lipinski definition) is 1. The van der Waals surface area contributed by atoms with E-state index >= 15 is 0 Å². The molecule has 0 aliphatic rings. The minimum absolute atomic E-state index is 0.257. The number of nitrogens with zero attached hydrogens (tertiary/aromatic N) is 1. The lowest BCUT2D eigenvalue weighted by Crippen LogP contribution is -2.09. The van der Waals surface area contributed by atoms with Crippen LogP contribution in [0.15, 0.2) is 18.2 Å². The monoisotopic (exact) mass is 235 g/mol. The first-order valence-electron chi connectivity index (χ1n) is 5.58. The summed E-state index contributed by atoms with van der Waals surface area (Å²) >= 11 is 0. The molecule has 0 radical (unpaired) electrons. The topological polar surface area (TPSA) is 42.2 Å². The number of fused-ring (bicyclic) bond motifs is 1. The van der Waals surface area contributed by atoms with Gasteiger partial charge >= 0.3 is 5.97 Å². The molecule has 0 saturated carbocycles. The number of carboxylic acids is 1. The normalized spacial score (nSPS) is 11.0. The predicted octanol–water partition coefficient (Wildman–Crippen LogP) is 3.20. The van der Waals surface area contributed by atoms with Crippen LogP contribution in [-0.4, -0.2) is 15.6 Å². The zero-order chi connectivity index (χ0) is 12.6. The van der Waals surface area contributed by atoms with Crippen molar-refractivity contribution in [1.29, 1.82) is 0 Å². The Kier molecular flexibility index (Phi) is 2.88. The third-order valence-corrected chi connectivity index (χ3v) is 2.93. The molecule has 2 rings (SSSR count). The summed E-state index contributed by atoms with van der Waals surface area (Å²) in [6.07, 6.45) is 0.834. The van der Waals surface area contributed by atoms with Gasteiger partial charge in [0.05, 0.1) is 0 Å². The van der Waals surface area contributed by atoms with E-state index in [-0.39, 0.29) is 11.5 Å². The van der Waals surface area contributed by atoms with Crippen molar-refractivity contribution in [1.82, 2.24) is 4.57 Å². The molecule has 1 aromatic heterocycles. The molecule has 2 aromatic rings. The Morgan fingerprint density at radius 1 is 1.47 bits per heavy atom. The van der Waals surface area contributed by atoms with Crippen LogP contribution in [0.5, 0.6) is 0 Å². The third kappa shape index (κ3) is 1.79. The molecule has 0 unspecified atom stereocenters. The Balaban J connectivity index is 2.82. The first-order chi connectivity index (χ1) is 8.06. The van der Waals surface area contributed by atoms with Gasteiger partial charge in [-0.05, 0) is 37.1 Å². The average molecular weight is 235 g/mol. The van der Waals surface area contributed by atoms with Crippen LogP contribution < -0.4 is 0 Å². The highest BCUT2D eigenvalue weighted by Crippen LogP contribution is 2.26. The van der Waals surface area contributed by atoms with Gasteiger partial charge in [0.15, 0.2) is 0 Å². The van der Waals surface area contributed by atoms with Crippen LogP contribution in [0, 0.1) is 12.7 Å². The molecule has 0 amide bonds. The van der Waals surface area contributed by atoms with Crippen LogP contribution in [0.4, 0.5) is 4.39 Å². The van der Waals surface area contributed by atoms with Gasteiger partial charge in [-0.15, -0.1) is 0 Å².